The Hall–Kier alpha value is -2.23. The summed E-state index contributed by atoms with van der Waals surface area (Å²) in [7, 11) is 2.44. The fourth-order valence-electron chi connectivity index (χ4n) is 1.34. The molecular formula is C11H10F2N2O3. The lowest BCUT2D eigenvalue weighted by Gasteiger charge is -2.10. The second-order valence-corrected chi connectivity index (χ2v) is 3.24. The number of nitriles is 1. The van der Waals surface area contributed by atoms with E-state index < -0.39 is 18.1 Å². The number of esters is 1. The molecule has 0 saturated heterocycles. The van der Waals surface area contributed by atoms with Gasteiger partial charge in [-0.15, -0.1) is 0 Å². The first-order valence-electron chi connectivity index (χ1n) is 4.86. The van der Waals surface area contributed by atoms with Crippen LogP contribution >= 0.6 is 0 Å². The number of carbonyl (C=O) groups is 1. The van der Waals surface area contributed by atoms with E-state index in [1.165, 1.54) is 14.2 Å². The van der Waals surface area contributed by atoms with Crippen molar-refractivity contribution in [2.45, 2.75) is 12.8 Å². The molecule has 18 heavy (non-hydrogen) atoms. The molecule has 0 spiro atoms. The minimum Gasteiger partial charge on any atom is -0.496 e. The van der Waals surface area contributed by atoms with Crippen LogP contribution in [0.25, 0.3) is 0 Å². The number of halogens is 2. The van der Waals surface area contributed by atoms with E-state index in [4.69, 9.17) is 10.00 Å². The Morgan fingerprint density at radius 3 is 2.67 bits per heavy atom. The molecule has 0 aliphatic carbocycles. The highest BCUT2D eigenvalue weighted by Gasteiger charge is 2.20. The van der Waals surface area contributed by atoms with E-state index in [1.807, 2.05) is 0 Å². The molecule has 7 heteroatoms. The summed E-state index contributed by atoms with van der Waals surface area (Å²) in [5, 5.41) is 8.87. The monoisotopic (exact) mass is 256 g/mol. The molecule has 0 aliphatic rings. The number of alkyl halides is 2. The third-order valence-corrected chi connectivity index (χ3v) is 2.20. The summed E-state index contributed by atoms with van der Waals surface area (Å²) in [5.74, 6) is -0.598. The van der Waals surface area contributed by atoms with Gasteiger partial charge in [0.25, 0.3) is 6.43 Å². The molecule has 0 bridgehead atoms. The van der Waals surface area contributed by atoms with E-state index in [9.17, 15) is 13.6 Å². The van der Waals surface area contributed by atoms with Gasteiger partial charge in [-0.25, -0.2) is 13.8 Å². The van der Waals surface area contributed by atoms with Crippen LogP contribution in [0.15, 0.2) is 6.07 Å². The lowest BCUT2D eigenvalue weighted by molar-refractivity contribution is -0.139. The van der Waals surface area contributed by atoms with E-state index >= 15 is 0 Å². The van der Waals surface area contributed by atoms with Crippen molar-refractivity contribution < 1.29 is 23.0 Å². The van der Waals surface area contributed by atoms with Crippen LogP contribution in [0.3, 0.4) is 0 Å². The van der Waals surface area contributed by atoms with Crippen molar-refractivity contribution in [3.63, 3.8) is 0 Å². The maximum absolute atomic E-state index is 12.5. The molecule has 1 rings (SSSR count). The van der Waals surface area contributed by atoms with Gasteiger partial charge in [-0.1, -0.05) is 0 Å². The van der Waals surface area contributed by atoms with E-state index in [-0.39, 0.29) is 23.4 Å². The summed E-state index contributed by atoms with van der Waals surface area (Å²) in [6.07, 6.45) is -3.09. The average Bonchev–Trinajstić information content (AvgIpc) is 2.38. The van der Waals surface area contributed by atoms with Gasteiger partial charge in [-0.05, 0) is 0 Å². The number of pyridine rings is 1. The van der Waals surface area contributed by atoms with Crippen molar-refractivity contribution in [2.24, 2.45) is 0 Å². The summed E-state index contributed by atoms with van der Waals surface area (Å²) >= 11 is 0. The predicted molar refractivity (Wildman–Crippen MR) is 56.2 cm³/mol. The highest BCUT2D eigenvalue weighted by molar-refractivity contribution is 5.74. The molecule has 1 aromatic rings. The summed E-state index contributed by atoms with van der Waals surface area (Å²) in [6, 6.07) is 2.67. The topological polar surface area (TPSA) is 72.2 Å². The largest absolute Gasteiger partial charge is 0.496 e. The van der Waals surface area contributed by atoms with Crippen LogP contribution in [0.1, 0.15) is 23.4 Å². The lowest BCUT2D eigenvalue weighted by Crippen LogP contribution is -2.10. The molecule has 0 unspecified atom stereocenters. The summed E-state index contributed by atoms with van der Waals surface area (Å²) in [5.41, 5.74) is -0.705. The fraction of sp³-hybridized carbons (Fsp3) is 0.364. The van der Waals surface area contributed by atoms with Crippen LogP contribution in [0.5, 0.6) is 5.75 Å². The summed E-state index contributed by atoms with van der Waals surface area (Å²) in [6.45, 7) is 0. The van der Waals surface area contributed by atoms with E-state index in [0.717, 1.165) is 6.07 Å². The van der Waals surface area contributed by atoms with Gasteiger partial charge in [-0.3, -0.25) is 4.79 Å². The van der Waals surface area contributed by atoms with Crippen molar-refractivity contribution in [3.05, 3.63) is 23.0 Å². The zero-order valence-corrected chi connectivity index (χ0v) is 9.74. The standard InChI is InChI=1S/C11H10F2N2O3/c1-17-9-4-7(11(12)13)15-8(5-14)6(9)3-10(16)18-2/h4,11H,3H2,1-2H3. The number of ether oxygens (including phenoxy) is 2. The molecule has 0 radical (unpaired) electrons. The van der Waals surface area contributed by atoms with Crippen molar-refractivity contribution in [3.8, 4) is 11.8 Å². The molecular weight excluding hydrogens is 246 g/mol. The number of carbonyl (C=O) groups excluding carboxylic acids is 1. The molecule has 96 valence electrons. The van der Waals surface area contributed by atoms with Crippen LogP contribution in [0.4, 0.5) is 8.78 Å². The van der Waals surface area contributed by atoms with Gasteiger partial charge >= 0.3 is 5.97 Å². The molecule has 0 fully saturated rings. The van der Waals surface area contributed by atoms with Gasteiger partial charge in [-0.2, -0.15) is 5.26 Å². The molecule has 0 saturated carbocycles. The first-order valence-corrected chi connectivity index (χ1v) is 4.86. The number of aromatic nitrogens is 1. The molecule has 0 aromatic carbocycles. The molecule has 1 heterocycles. The highest BCUT2D eigenvalue weighted by Crippen LogP contribution is 2.27. The Balaban J connectivity index is 3.31. The first kappa shape index (κ1) is 13.8. The van der Waals surface area contributed by atoms with Gasteiger partial charge in [0.2, 0.25) is 0 Å². The van der Waals surface area contributed by atoms with Gasteiger partial charge in [0.1, 0.15) is 23.2 Å². The minimum absolute atomic E-state index is 0.0160. The summed E-state index contributed by atoms with van der Waals surface area (Å²) < 4.78 is 34.4. The number of methoxy groups -OCH3 is 2. The van der Waals surface area contributed by atoms with Crippen LogP contribution in [-0.4, -0.2) is 25.2 Å². The molecule has 1 aromatic heterocycles. The van der Waals surface area contributed by atoms with Crippen molar-refractivity contribution in [1.82, 2.24) is 4.98 Å². The second-order valence-electron chi connectivity index (χ2n) is 3.24. The fourth-order valence-corrected chi connectivity index (χ4v) is 1.34. The van der Waals surface area contributed by atoms with Crippen molar-refractivity contribution >= 4 is 5.97 Å². The Morgan fingerprint density at radius 1 is 1.56 bits per heavy atom. The highest BCUT2D eigenvalue weighted by atomic mass is 19.3. The zero-order valence-electron chi connectivity index (χ0n) is 9.74. The molecule has 0 amide bonds. The number of hydrogen-bond donors (Lipinski definition) is 0. The Bertz CT molecular complexity index is 498. The molecule has 0 atom stereocenters. The van der Waals surface area contributed by atoms with Gasteiger partial charge in [0.05, 0.1) is 20.6 Å². The summed E-state index contributed by atoms with van der Waals surface area (Å²) in [4.78, 5) is 14.7. The van der Waals surface area contributed by atoms with E-state index in [0.29, 0.717) is 0 Å². The molecule has 5 nitrogen and oxygen atoms in total. The third kappa shape index (κ3) is 2.91. The third-order valence-electron chi connectivity index (χ3n) is 2.20. The predicted octanol–water partition coefficient (Wildman–Crippen LogP) is 1.61. The zero-order chi connectivity index (χ0) is 13.7. The van der Waals surface area contributed by atoms with Crippen molar-refractivity contribution in [2.75, 3.05) is 14.2 Å². The smallest absolute Gasteiger partial charge is 0.310 e. The van der Waals surface area contributed by atoms with Gasteiger partial charge in [0, 0.05) is 11.6 Å². The number of hydrogen-bond acceptors (Lipinski definition) is 5. The Labute approximate surface area is 102 Å². The normalized spacial score (nSPS) is 10.0. The number of nitrogens with zero attached hydrogens (tertiary/aromatic N) is 2. The van der Waals surface area contributed by atoms with Gasteiger partial charge < -0.3 is 9.47 Å². The second kappa shape index (κ2) is 5.91. The van der Waals surface area contributed by atoms with Crippen LogP contribution in [-0.2, 0) is 16.0 Å². The Kier molecular flexibility index (Phi) is 4.54. The van der Waals surface area contributed by atoms with Crippen LogP contribution in [0, 0.1) is 11.3 Å². The maximum Gasteiger partial charge on any atom is 0.310 e. The first-order chi connectivity index (χ1) is 8.53. The van der Waals surface area contributed by atoms with Gasteiger partial charge in [0.15, 0.2) is 0 Å². The Morgan fingerprint density at radius 2 is 2.22 bits per heavy atom. The number of rotatable bonds is 4. The SMILES string of the molecule is COC(=O)Cc1c(OC)cc(C(F)F)nc1C#N. The molecule has 0 aliphatic heterocycles. The molecule has 0 N–H and O–H groups in total. The quantitative estimate of drug-likeness (QED) is 0.765. The van der Waals surface area contributed by atoms with Crippen LogP contribution < -0.4 is 4.74 Å². The van der Waals surface area contributed by atoms with E-state index in [1.54, 1.807) is 6.07 Å². The minimum atomic E-state index is -2.82. The lowest BCUT2D eigenvalue weighted by atomic mass is 10.1. The maximum atomic E-state index is 12.5. The van der Waals surface area contributed by atoms with Crippen LogP contribution in [0.2, 0.25) is 0 Å². The van der Waals surface area contributed by atoms with Crippen molar-refractivity contribution in [1.29, 1.82) is 5.26 Å². The average molecular weight is 256 g/mol. The van der Waals surface area contributed by atoms with E-state index in [2.05, 4.69) is 9.72 Å².